The first-order chi connectivity index (χ1) is 5.43. The molecule has 1 N–H and O–H groups in total. The predicted octanol–water partition coefficient (Wildman–Crippen LogP) is 1.41. The van der Waals surface area contributed by atoms with Crippen LogP contribution >= 0.6 is 0 Å². The summed E-state index contributed by atoms with van der Waals surface area (Å²) in [6, 6.07) is 0. The van der Waals surface area contributed by atoms with Gasteiger partial charge in [0.1, 0.15) is 0 Å². The Hall–Kier alpha value is -0.0800. The summed E-state index contributed by atoms with van der Waals surface area (Å²) in [6.07, 6.45) is 5.28. The first-order valence-electron chi connectivity index (χ1n) is 4.66. The van der Waals surface area contributed by atoms with E-state index in [0.29, 0.717) is 0 Å². The van der Waals surface area contributed by atoms with E-state index in [-0.39, 0.29) is 0 Å². The smallest absolute Gasteiger partial charge is 0.0494 e. The Bertz CT molecular complexity index is 89.6. The highest BCUT2D eigenvalue weighted by Crippen LogP contribution is 2.17. The van der Waals surface area contributed by atoms with Gasteiger partial charge in [0.25, 0.3) is 0 Å². The van der Waals surface area contributed by atoms with Crippen LogP contribution in [0.4, 0.5) is 0 Å². The maximum Gasteiger partial charge on any atom is 0.0494 e. The van der Waals surface area contributed by atoms with Crippen LogP contribution in [0.1, 0.15) is 25.7 Å². The van der Waals surface area contributed by atoms with Crippen molar-refractivity contribution in [2.24, 2.45) is 5.92 Å². The van der Waals surface area contributed by atoms with Crippen molar-refractivity contribution in [2.45, 2.75) is 25.7 Å². The lowest BCUT2D eigenvalue weighted by molar-refractivity contribution is 0.0510. The Labute approximate surface area is 69.3 Å². The Morgan fingerprint density at radius 1 is 1.55 bits per heavy atom. The van der Waals surface area contributed by atoms with Crippen LogP contribution in [0.3, 0.4) is 0 Å². The molecule has 0 aromatic carbocycles. The summed E-state index contributed by atoms with van der Waals surface area (Å²) in [7, 11) is 2.01. The number of nitrogens with one attached hydrogen (secondary N) is 1. The van der Waals surface area contributed by atoms with Crippen molar-refractivity contribution in [2.75, 3.05) is 26.8 Å². The van der Waals surface area contributed by atoms with Gasteiger partial charge in [-0.2, -0.15) is 0 Å². The van der Waals surface area contributed by atoms with Gasteiger partial charge in [-0.3, -0.25) is 0 Å². The van der Waals surface area contributed by atoms with Crippen molar-refractivity contribution in [3.63, 3.8) is 0 Å². The fraction of sp³-hybridized carbons (Fsp3) is 1.00. The highest BCUT2D eigenvalue weighted by Gasteiger charge is 2.12. The number of hydrogen-bond acceptors (Lipinski definition) is 2. The molecule has 1 rings (SSSR count). The number of rotatable bonds is 4. The average molecular weight is 157 g/mol. The van der Waals surface area contributed by atoms with Crippen LogP contribution in [0, 0.1) is 5.92 Å². The number of ether oxygens (including phenoxy) is 1. The summed E-state index contributed by atoms with van der Waals surface area (Å²) >= 11 is 0. The lowest BCUT2D eigenvalue weighted by Crippen LogP contribution is -2.18. The van der Waals surface area contributed by atoms with E-state index in [1.54, 1.807) is 0 Å². The molecular weight excluding hydrogens is 138 g/mol. The maximum absolute atomic E-state index is 5.39. The highest BCUT2D eigenvalue weighted by atomic mass is 16.5. The fourth-order valence-electron chi connectivity index (χ4n) is 1.60. The van der Waals surface area contributed by atoms with E-state index in [1.807, 2.05) is 7.05 Å². The molecule has 0 spiro atoms. The Morgan fingerprint density at radius 3 is 3.09 bits per heavy atom. The molecule has 0 aromatic heterocycles. The summed E-state index contributed by atoms with van der Waals surface area (Å²) in [5.41, 5.74) is 0. The molecule has 1 aliphatic rings. The van der Waals surface area contributed by atoms with Gasteiger partial charge in [0.05, 0.1) is 0 Å². The first-order valence-corrected chi connectivity index (χ1v) is 4.66. The van der Waals surface area contributed by atoms with Crippen LogP contribution in [-0.2, 0) is 4.74 Å². The normalized spacial score (nSPS) is 25.4. The second-order valence-electron chi connectivity index (χ2n) is 3.33. The molecule has 11 heavy (non-hydrogen) atoms. The summed E-state index contributed by atoms with van der Waals surface area (Å²) < 4.78 is 5.39. The van der Waals surface area contributed by atoms with Gasteiger partial charge in [-0.1, -0.05) is 0 Å². The van der Waals surface area contributed by atoms with Gasteiger partial charge in [0.15, 0.2) is 0 Å². The van der Waals surface area contributed by atoms with E-state index in [4.69, 9.17) is 4.74 Å². The lowest BCUT2D eigenvalue weighted by Gasteiger charge is -2.21. The van der Waals surface area contributed by atoms with Crippen LogP contribution in [0.15, 0.2) is 0 Å². The molecular formula is C9H19NO. The quantitative estimate of drug-likeness (QED) is 0.623. The highest BCUT2D eigenvalue weighted by molar-refractivity contribution is 4.63. The molecule has 1 heterocycles. The van der Waals surface area contributed by atoms with Crippen LogP contribution in [0.25, 0.3) is 0 Å². The van der Waals surface area contributed by atoms with Crippen LogP contribution in [0.5, 0.6) is 0 Å². The second kappa shape index (κ2) is 5.56. The molecule has 0 bridgehead atoms. The molecule has 1 aliphatic heterocycles. The zero-order chi connectivity index (χ0) is 7.94. The summed E-state index contributed by atoms with van der Waals surface area (Å²) in [5.74, 6) is 0.845. The minimum absolute atomic E-state index is 0.845. The zero-order valence-corrected chi connectivity index (χ0v) is 7.44. The third kappa shape index (κ3) is 3.73. The van der Waals surface area contributed by atoms with Gasteiger partial charge < -0.3 is 10.1 Å². The molecule has 2 heteroatoms. The standard InChI is InChI=1S/C9H19NO/c1-10-6-2-4-9-5-3-7-11-8-9/h9-10H,2-8H2,1H3/t9-/m0/s1. The van der Waals surface area contributed by atoms with E-state index < -0.39 is 0 Å². The molecule has 66 valence electrons. The third-order valence-electron chi connectivity index (χ3n) is 2.29. The zero-order valence-electron chi connectivity index (χ0n) is 7.44. The molecule has 0 saturated carbocycles. The Balaban J connectivity index is 1.96. The number of hydrogen-bond donors (Lipinski definition) is 1. The SMILES string of the molecule is CNCCC[C@H]1CCCOC1. The van der Waals surface area contributed by atoms with E-state index >= 15 is 0 Å². The van der Waals surface area contributed by atoms with Crippen molar-refractivity contribution < 1.29 is 4.74 Å². The van der Waals surface area contributed by atoms with Gasteiger partial charge in [-0.25, -0.2) is 0 Å². The summed E-state index contributed by atoms with van der Waals surface area (Å²) in [6.45, 7) is 3.14. The van der Waals surface area contributed by atoms with Gasteiger partial charge in [-0.15, -0.1) is 0 Å². The van der Waals surface area contributed by atoms with E-state index in [9.17, 15) is 0 Å². The van der Waals surface area contributed by atoms with Crippen molar-refractivity contribution in [1.29, 1.82) is 0 Å². The minimum Gasteiger partial charge on any atom is -0.381 e. The van der Waals surface area contributed by atoms with Gasteiger partial charge in [0.2, 0.25) is 0 Å². The first kappa shape index (κ1) is 9.01. The van der Waals surface area contributed by atoms with Crippen molar-refractivity contribution >= 4 is 0 Å². The van der Waals surface area contributed by atoms with Crippen LogP contribution < -0.4 is 5.32 Å². The summed E-state index contributed by atoms with van der Waals surface area (Å²) in [5, 5.41) is 3.17. The van der Waals surface area contributed by atoms with E-state index in [0.717, 1.165) is 25.7 Å². The molecule has 2 nitrogen and oxygen atoms in total. The van der Waals surface area contributed by atoms with Crippen molar-refractivity contribution in [3.8, 4) is 0 Å². The minimum atomic E-state index is 0.845. The molecule has 1 fully saturated rings. The lowest BCUT2D eigenvalue weighted by atomic mass is 9.97. The van der Waals surface area contributed by atoms with E-state index in [2.05, 4.69) is 5.32 Å². The topological polar surface area (TPSA) is 21.3 Å². The molecule has 0 amide bonds. The molecule has 0 aliphatic carbocycles. The Kier molecular flexibility index (Phi) is 4.55. The Morgan fingerprint density at radius 2 is 2.45 bits per heavy atom. The van der Waals surface area contributed by atoms with E-state index in [1.165, 1.54) is 25.7 Å². The maximum atomic E-state index is 5.39. The van der Waals surface area contributed by atoms with Crippen molar-refractivity contribution in [1.82, 2.24) is 5.32 Å². The predicted molar refractivity (Wildman–Crippen MR) is 46.7 cm³/mol. The van der Waals surface area contributed by atoms with Gasteiger partial charge >= 0.3 is 0 Å². The largest absolute Gasteiger partial charge is 0.381 e. The molecule has 0 aromatic rings. The molecule has 1 atom stereocenters. The van der Waals surface area contributed by atoms with Gasteiger partial charge in [-0.05, 0) is 45.2 Å². The fourth-order valence-corrected chi connectivity index (χ4v) is 1.60. The van der Waals surface area contributed by atoms with Crippen molar-refractivity contribution in [3.05, 3.63) is 0 Å². The third-order valence-corrected chi connectivity index (χ3v) is 2.29. The molecule has 0 radical (unpaired) electrons. The van der Waals surface area contributed by atoms with Gasteiger partial charge in [0, 0.05) is 13.2 Å². The molecule has 0 unspecified atom stereocenters. The average Bonchev–Trinajstić information content (AvgIpc) is 2.07. The summed E-state index contributed by atoms with van der Waals surface area (Å²) in [4.78, 5) is 0. The van der Waals surface area contributed by atoms with Crippen LogP contribution in [0.2, 0.25) is 0 Å². The van der Waals surface area contributed by atoms with Crippen LogP contribution in [-0.4, -0.2) is 26.8 Å². The molecule has 1 saturated heterocycles. The monoisotopic (exact) mass is 157 g/mol. The second-order valence-corrected chi connectivity index (χ2v) is 3.33.